The van der Waals surface area contributed by atoms with Crippen LogP contribution in [0.3, 0.4) is 0 Å². The zero-order valence-corrected chi connectivity index (χ0v) is 17.6. The van der Waals surface area contributed by atoms with Gasteiger partial charge in [0.15, 0.2) is 17.5 Å². The Balaban J connectivity index is 1.53. The lowest BCUT2D eigenvalue weighted by atomic mass is 10.2. The standard InChI is InChI=1S/C21H15ClN6O2S/c22-15-4-1-3-14(11-15)21-24-18(27-30-21)17(31)20-26-25-19(13-6-8-23-9-7-13)28(20)12-16-5-2-10-29-16/h1-11,17,31H,12H2. The van der Waals surface area contributed by atoms with Crippen molar-refractivity contribution >= 4 is 24.2 Å². The molecule has 0 radical (unpaired) electrons. The van der Waals surface area contributed by atoms with Crippen LogP contribution in [0.15, 0.2) is 76.1 Å². The third-order valence-electron chi connectivity index (χ3n) is 4.61. The first kappa shape index (κ1) is 19.5. The van der Waals surface area contributed by atoms with Gasteiger partial charge in [0.1, 0.15) is 11.0 Å². The minimum Gasteiger partial charge on any atom is -0.467 e. The van der Waals surface area contributed by atoms with Crippen molar-refractivity contribution < 1.29 is 8.94 Å². The smallest absolute Gasteiger partial charge is 0.258 e. The molecule has 4 aromatic heterocycles. The fourth-order valence-corrected chi connectivity index (χ4v) is 3.63. The summed E-state index contributed by atoms with van der Waals surface area (Å²) in [5.41, 5.74) is 1.59. The highest BCUT2D eigenvalue weighted by Gasteiger charge is 2.26. The van der Waals surface area contributed by atoms with Crippen molar-refractivity contribution in [2.45, 2.75) is 11.8 Å². The van der Waals surface area contributed by atoms with Gasteiger partial charge in [-0.3, -0.25) is 4.98 Å². The van der Waals surface area contributed by atoms with Gasteiger partial charge in [0.05, 0.1) is 12.8 Å². The van der Waals surface area contributed by atoms with Crippen LogP contribution in [0, 0.1) is 0 Å². The summed E-state index contributed by atoms with van der Waals surface area (Å²) in [7, 11) is 0. The van der Waals surface area contributed by atoms with Gasteiger partial charge >= 0.3 is 0 Å². The van der Waals surface area contributed by atoms with Crippen LogP contribution in [0.4, 0.5) is 0 Å². The average molecular weight is 451 g/mol. The van der Waals surface area contributed by atoms with Gasteiger partial charge in [-0.1, -0.05) is 22.8 Å². The van der Waals surface area contributed by atoms with Crippen LogP contribution in [0.5, 0.6) is 0 Å². The van der Waals surface area contributed by atoms with Crippen molar-refractivity contribution in [1.82, 2.24) is 29.9 Å². The predicted octanol–water partition coefficient (Wildman–Crippen LogP) is 4.70. The fraction of sp³-hybridized carbons (Fsp3) is 0.0952. The molecular formula is C21H15ClN6O2S. The summed E-state index contributed by atoms with van der Waals surface area (Å²) in [6.45, 7) is 0.420. The van der Waals surface area contributed by atoms with Crippen LogP contribution >= 0.6 is 24.2 Å². The van der Waals surface area contributed by atoms with Crippen LogP contribution in [0.25, 0.3) is 22.8 Å². The largest absolute Gasteiger partial charge is 0.467 e. The molecule has 1 atom stereocenters. The Labute approximate surface area is 187 Å². The average Bonchev–Trinajstić information content (AvgIpc) is 3.56. The summed E-state index contributed by atoms with van der Waals surface area (Å²) in [5, 5.41) is 12.9. The number of pyridine rings is 1. The number of hydrogen-bond donors (Lipinski definition) is 1. The Morgan fingerprint density at radius 3 is 2.68 bits per heavy atom. The number of aromatic nitrogens is 6. The predicted molar refractivity (Wildman–Crippen MR) is 117 cm³/mol. The second-order valence-electron chi connectivity index (χ2n) is 6.65. The number of hydrogen-bond acceptors (Lipinski definition) is 8. The quantitative estimate of drug-likeness (QED) is 0.374. The molecular weight excluding hydrogens is 436 g/mol. The monoisotopic (exact) mass is 450 g/mol. The number of rotatable bonds is 6. The molecule has 31 heavy (non-hydrogen) atoms. The number of nitrogens with zero attached hydrogens (tertiary/aromatic N) is 6. The first-order valence-electron chi connectivity index (χ1n) is 9.32. The highest BCUT2D eigenvalue weighted by molar-refractivity contribution is 7.80. The fourth-order valence-electron chi connectivity index (χ4n) is 3.15. The first-order valence-corrected chi connectivity index (χ1v) is 10.2. The molecule has 0 N–H and O–H groups in total. The van der Waals surface area contributed by atoms with E-state index in [1.54, 1.807) is 30.8 Å². The molecule has 10 heteroatoms. The van der Waals surface area contributed by atoms with E-state index < -0.39 is 5.25 Å². The van der Waals surface area contributed by atoms with Gasteiger partial charge in [-0.2, -0.15) is 17.6 Å². The molecule has 0 amide bonds. The second-order valence-corrected chi connectivity index (χ2v) is 7.61. The molecule has 5 aromatic rings. The van der Waals surface area contributed by atoms with Crippen molar-refractivity contribution in [3.63, 3.8) is 0 Å². The molecule has 0 spiro atoms. The van der Waals surface area contributed by atoms with Crippen molar-refractivity contribution in [3.8, 4) is 22.8 Å². The van der Waals surface area contributed by atoms with Crippen molar-refractivity contribution in [2.24, 2.45) is 0 Å². The summed E-state index contributed by atoms with van der Waals surface area (Å²) in [4.78, 5) is 8.56. The number of benzene rings is 1. The maximum atomic E-state index is 6.07. The van der Waals surface area contributed by atoms with Gasteiger partial charge in [0.2, 0.25) is 0 Å². The minimum atomic E-state index is -0.574. The van der Waals surface area contributed by atoms with E-state index in [-0.39, 0.29) is 0 Å². The zero-order chi connectivity index (χ0) is 21.2. The molecule has 5 rings (SSSR count). The summed E-state index contributed by atoms with van der Waals surface area (Å²) in [5.74, 6) is 2.69. The summed E-state index contributed by atoms with van der Waals surface area (Å²) in [6.07, 6.45) is 5.03. The van der Waals surface area contributed by atoms with E-state index in [1.807, 2.05) is 41.0 Å². The number of furan rings is 1. The SMILES string of the molecule is SC(c1noc(-c2cccc(Cl)c2)n1)c1nnc(-c2ccncc2)n1Cc1ccco1. The Morgan fingerprint density at radius 1 is 1.03 bits per heavy atom. The van der Waals surface area contributed by atoms with Crippen LogP contribution < -0.4 is 0 Å². The Kier molecular flexibility index (Phi) is 5.27. The minimum absolute atomic E-state index is 0.350. The topological polar surface area (TPSA) is 95.7 Å². The molecule has 0 bridgehead atoms. The van der Waals surface area contributed by atoms with Gasteiger partial charge < -0.3 is 13.5 Å². The van der Waals surface area contributed by atoms with Crippen LogP contribution in [-0.2, 0) is 6.54 Å². The van der Waals surface area contributed by atoms with E-state index in [9.17, 15) is 0 Å². The number of thiol groups is 1. The molecule has 0 fully saturated rings. The van der Waals surface area contributed by atoms with Gasteiger partial charge in [-0.05, 0) is 42.5 Å². The third kappa shape index (κ3) is 3.97. The van der Waals surface area contributed by atoms with Gasteiger partial charge in [-0.25, -0.2) is 0 Å². The van der Waals surface area contributed by atoms with E-state index in [2.05, 4.69) is 25.3 Å². The molecule has 0 saturated heterocycles. The molecule has 4 heterocycles. The Morgan fingerprint density at radius 2 is 1.90 bits per heavy atom. The van der Waals surface area contributed by atoms with Crippen LogP contribution in [0.2, 0.25) is 5.02 Å². The molecule has 0 aliphatic carbocycles. The third-order valence-corrected chi connectivity index (χ3v) is 5.31. The Hall–Kier alpha value is -3.43. The summed E-state index contributed by atoms with van der Waals surface area (Å²) in [6, 6.07) is 14.7. The van der Waals surface area contributed by atoms with Gasteiger partial charge in [-0.15, -0.1) is 10.2 Å². The Bertz CT molecular complexity index is 1300. The summed E-state index contributed by atoms with van der Waals surface area (Å²) >= 11 is 10.8. The van der Waals surface area contributed by atoms with Gasteiger partial charge in [0, 0.05) is 28.5 Å². The van der Waals surface area contributed by atoms with Crippen LogP contribution in [-0.4, -0.2) is 29.9 Å². The second kappa shape index (κ2) is 8.37. The molecule has 154 valence electrons. The number of halogens is 1. The summed E-state index contributed by atoms with van der Waals surface area (Å²) < 4.78 is 12.9. The lowest BCUT2D eigenvalue weighted by Gasteiger charge is -2.11. The molecule has 0 aliphatic rings. The molecule has 0 aliphatic heterocycles. The molecule has 1 aromatic carbocycles. The van der Waals surface area contributed by atoms with E-state index in [4.69, 9.17) is 33.2 Å². The van der Waals surface area contributed by atoms with E-state index in [1.165, 1.54) is 0 Å². The lowest BCUT2D eigenvalue weighted by Crippen LogP contribution is -2.10. The molecule has 8 nitrogen and oxygen atoms in total. The first-order chi connectivity index (χ1) is 15.2. The van der Waals surface area contributed by atoms with E-state index in [0.29, 0.717) is 34.9 Å². The molecule has 1 unspecified atom stereocenters. The van der Waals surface area contributed by atoms with Crippen molar-refractivity contribution in [2.75, 3.05) is 0 Å². The zero-order valence-electron chi connectivity index (χ0n) is 16.0. The van der Waals surface area contributed by atoms with Crippen molar-refractivity contribution in [3.05, 3.63) is 89.6 Å². The maximum absolute atomic E-state index is 6.07. The normalized spacial score (nSPS) is 12.2. The lowest BCUT2D eigenvalue weighted by molar-refractivity contribution is 0.422. The van der Waals surface area contributed by atoms with E-state index in [0.717, 1.165) is 16.9 Å². The van der Waals surface area contributed by atoms with Crippen LogP contribution in [0.1, 0.15) is 22.7 Å². The maximum Gasteiger partial charge on any atom is 0.258 e. The van der Waals surface area contributed by atoms with E-state index >= 15 is 0 Å². The van der Waals surface area contributed by atoms with Gasteiger partial charge in [0.25, 0.3) is 5.89 Å². The molecule has 0 saturated carbocycles. The highest BCUT2D eigenvalue weighted by Crippen LogP contribution is 2.31. The highest BCUT2D eigenvalue weighted by atomic mass is 35.5. The van der Waals surface area contributed by atoms with Crippen molar-refractivity contribution in [1.29, 1.82) is 0 Å².